The fourth-order valence-corrected chi connectivity index (χ4v) is 4.07. The monoisotopic (exact) mass is 455 g/mol. The third kappa shape index (κ3) is 3.80. The minimum atomic E-state index is -4.44. The Labute approximate surface area is 178 Å². The van der Waals surface area contributed by atoms with Crippen LogP contribution in [0.1, 0.15) is 5.56 Å². The summed E-state index contributed by atoms with van der Waals surface area (Å²) in [5.41, 5.74) is -0.653. The van der Waals surface area contributed by atoms with Crippen LogP contribution in [0.3, 0.4) is 0 Å². The van der Waals surface area contributed by atoms with Gasteiger partial charge in [0.2, 0.25) is 0 Å². The summed E-state index contributed by atoms with van der Waals surface area (Å²) in [6, 6.07) is 1.98. The molecule has 0 saturated carbocycles. The predicted molar refractivity (Wildman–Crippen MR) is 104 cm³/mol. The smallest absolute Gasteiger partial charge is 0.368 e. The zero-order chi connectivity index (χ0) is 22.5. The van der Waals surface area contributed by atoms with Gasteiger partial charge in [-0.1, -0.05) is 0 Å². The molecule has 0 unspecified atom stereocenters. The lowest BCUT2D eigenvalue weighted by molar-refractivity contribution is -0.137. The third-order valence-electron chi connectivity index (χ3n) is 5.57. The van der Waals surface area contributed by atoms with Crippen molar-refractivity contribution in [2.24, 2.45) is 0 Å². The SMILES string of the molecule is FC(F)Cn1ncc2ncc(N3CC4(CN(c5cc(C(F)(F)F)ccn5)CCO4)C3)nc21. The van der Waals surface area contributed by atoms with Gasteiger partial charge < -0.3 is 14.5 Å². The summed E-state index contributed by atoms with van der Waals surface area (Å²) in [5, 5.41) is 3.91. The number of pyridine rings is 1. The highest BCUT2D eigenvalue weighted by molar-refractivity contribution is 5.71. The van der Waals surface area contributed by atoms with E-state index in [1.165, 1.54) is 6.20 Å². The van der Waals surface area contributed by atoms with Crippen molar-refractivity contribution in [2.45, 2.75) is 24.7 Å². The van der Waals surface area contributed by atoms with Crippen LogP contribution in [0.5, 0.6) is 0 Å². The molecule has 2 aliphatic heterocycles. The van der Waals surface area contributed by atoms with E-state index in [1.54, 1.807) is 11.1 Å². The highest BCUT2D eigenvalue weighted by Crippen LogP contribution is 2.35. The average molecular weight is 455 g/mol. The van der Waals surface area contributed by atoms with Crippen molar-refractivity contribution in [3.63, 3.8) is 0 Å². The van der Waals surface area contributed by atoms with E-state index in [2.05, 4.69) is 20.1 Å². The number of aromatic nitrogens is 5. The fraction of sp³-hybridized carbons (Fsp3) is 0.474. The lowest BCUT2D eigenvalue weighted by Crippen LogP contribution is -2.70. The van der Waals surface area contributed by atoms with Crippen LogP contribution >= 0.6 is 0 Å². The molecule has 32 heavy (non-hydrogen) atoms. The maximum atomic E-state index is 13.1. The number of hydrogen-bond acceptors (Lipinski definition) is 7. The maximum Gasteiger partial charge on any atom is 0.416 e. The fourth-order valence-electron chi connectivity index (χ4n) is 4.07. The van der Waals surface area contributed by atoms with Crippen LogP contribution in [0.25, 0.3) is 11.2 Å². The molecule has 170 valence electrons. The molecule has 2 aliphatic rings. The number of nitrogens with zero attached hydrogens (tertiary/aromatic N) is 7. The molecule has 5 heterocycles. The Balaban J connectivity index is 1.31. The molecule has 0 bridgehead atoms. The van der Waals surface area contributed by atoms with Crippen LogP contribution < -0.4 is 9.80 Å². The average Bonchev–Trinajstić information content (AvgIpc) is 3.13. The Bertz CT molecular complexity index is 1130. The quantitative estimate of drug-likeness (QED) is 0.560. The summed E-state index contributed by atoms with van der Waals surface area (Å²) in [6.07, 6.45) is -2.93. The van der Waals surface area contributed by atoms with Crippen LogP contribution in [-0.4, -0.2) is 69.5 Å². The summed E-state index contributed by atoms with van der Waals surface area (Å²) in [4.78, 5) is 16.4. The maximum absolute atomic E-state index is 13.1. The van der Waals surface area contributed by atoms with Crippen molar-refractivity contribution in [1.29, 1.82) is 0 Å². The van der Waals surface area contributed by atoms with Gasteiger partial charge in [-0.3, -0.25) is 0 Å². The van der Waals surface area contributed by atoms with E-state index in [0.717, 1.165) is 23.0 Å². The van der Waals surface area contributed by atoms with Gasteiger partial charge in [0.25, 0.3) is 6.43 Å². The molecule has 13 heteroatoms. The predicted octanol–water partition coefficient (Wildman–Crippen LogP) is 2.60. The molecule has 3 aromatic rings. The standard InChI is InChI=1S/C19H18F5N7O/c20-14(21)8-31-17-13(6-27-31)26-7-16(28-17)30-10-18(11-30)9-29(3-4-32-18)15-5-12(1-2-25-15)19(22,23)24/h1-2,5-7,14H,3-4,8-11H2. The van der Waals surface area contributed by atoms with E-state index in [4.69, 9.17) is 4.74 Å². The number of morpholine rings is 1. The second-order valence-corrected chi connectivity index (χ2v) is 7.86. The summed E-state index contributed by atoms with van der Waals surface area (Å²) in [6.45, 7) is 1.44. The summed E-state index contributed by atoms with van der Waals surface area (Å²) < 4.78 is 71.7. The molecule has 3 aromatic heterocycles. The molecule has 0 radical (unpaired) electrons. The first-order chi connectivity index (χ1) is 15.2. The number of hydrogen-bond donors (Lipinski definition) is 0. The van der Waals surface area contributed by atoms with Crippen molar-refractivity contribution in [3.8, 4) is 0 Å². The second-order valence-electron chi connectivity index (χ2n) is 7.86. The number of halogens is 5. The third-order valence-corrected chi connectivity index (χ3v) is 5.57. The molecule has 0 aromatic carbocycles. The molecular formula is C19H18F5N7O. The van der Waals surface area contributed by atoms with E-state index >= 15 is 0 Å². The Morgan fingerprint density at radius 2 is 1.84 bits per heavy atom. The highest BCUT2D eigenvalue weighted by Gasteiger charge is 2.48. The molecular weight excluding hydrogens is 437 g/mol. The van der Waals surface area contributed by atoms with Gasteiger partial charge in [-0.2, -0.15) is 18.3 Å². The minimum Gasteiger partial charge on any atom is -0.368 e. The molecule has 8 nitrogen and oxygen atoms in total. The first-order valence-corrected chi connectivity index (χ1v) is 9.86. The first kappa shape index (κ1) is 20.8. The molecule has 0 atom stereocenters. The largest absolute Gasteiger partial charge is 0.416 e. The van der Waals surface area contributed by atoms with Crippen molar-refractivity contribution < 1.29 is 26.7 Å². The van der Waals surface area contributed by atoms with Crippen LogP contribution in [0.4, 0.5) is 33.6 Å². The zero-order valence-electron chi connectivity index (χ0n) is 16.6. The Morgan fingerprint density at radius 1 is 1.06 bits per heavy atom. The van der Waals surface area contributed by atoms with Crippen LogP contribution in [0.15, 0.2) is 30.7 Å². The van der Waals surface area contributed by atoms with Gasteiger partial charge in [0.05, 0.1) is 44.2 Å². The van der Waals surface area contributed by atoms with Crippen LogP contribution in [0, 0.1) is 0 Å². The van der Waals surface area contributed by atoms with Gasteiger partial charge in [-0.15, -0.1) is 0 Å². The number of rotatable bonds is 4. The van der Waals surface area contributed by atoms with E-state index < -0.39 is 30.3 Å². The number of fused-ring (bicyclic) bond motifs is 1. The molecule has 5 rings (SSSR count). The summed E-state index contributed by atoms with van der Waals surface area (Å²) in [7, 11) is 0. The first-order valence-electron chi connectivity index (χ1n) is 9.86. The van der Waals surface area contributed by atoms with Gasteiger partial charge in [-0.05, 0) is 12.1 Å². The molecule has 2 saturated heterocycles. The molecule has 0 N–H and O–H groups in total. The zero-order valence-corrected chi connectivity index (χ0v) is 16.6. The van der Waals surface area contributed by atoms with Gasteiger partial charge in [0.1, 0.15) is 29.3 Å². The molecule has 2 fully saturated rings. The van der Waals surface area contributed by atoms with Gasteiger partial charge in [0.15, 0.2) is 5.65 Å². The van der Waals surface area contributed by atoms with Crippen molar-refractivity contribution in [2.75, 3.05) is 42.6 Å². The molecule has 1 spiro atoms. The topological polar surface area (TPSA) is 72.2 Å². The Morgan fingerprint density at radius 3 is 2.59 bits per heavy atom. The van der Waals surface area contributed by atoms with Crippen molar-refractivity contribution >= 4 is 22.8 Å². The van der Waals surface area contributed by atoms with Gasteiger partial charge in [0, 0.05) is 12.7 Å². The lowest BCUT2D eigenvalue weighted by Gasteiger charge is -2.54. The van der Waals surface area contributed by atoms with Crippen molar-refractivity contribution in [1.82, 2.24) is 24.7 Å². The minimum absolute atomic E-state index is 0.248. The Hall–Kier alpha value is -3.09. The number of alkyl halides is 5. The van der Waals surface area contributed by atoms with E-state index in [-0.39, 0.29) is 11.5 Å². The van der Waals surface area contributed by atoms with Crippen molar-refractivity contribution in [3.05, 3.63) is 36.3 Å². The Kier molecular flexibility index (Phi) is 4.87. The number of ether oxygens (including phenoxy) is 1. The van der Waals surface area contributed by atoms with Crippen LogP contribution in [-0.2, 0) is 17.5 Å². The lowest BCUT2D eigenvalue weighted by atomic mass is 9.91. The molecule has 0 aliphatic carbocycles. The van der Waals surface area contributed by atoms with E-state index in [9.17, 15) is 22.0 Å². The van der Waals surface area contributed by atoms with Crippen LogP contribution in [0.2, 0.25) is 0 Å². The van der Waals surface area contributed by atoms with Gasteiger partial charge >= 0.3 is 6.18 Å². The summed E-state index contributed by atoms with van der Waals surface area (Å²) >= 11 is 0. The number of anilines is 2. The van der Waals surface area contributed by atoms with E-state index in [0.29, 0.717) is 44.1 Å². The molecule has 0 amide bonds. The van der Waals surface area contributed by atoms with Gasteiger partial charge in [-0.25, -0.2) is 28.4 Å². The second kappa shape index (κ2) is 7.50. The normalized spacial score (nSPS) is 18.6. The summed E-state index contributed by atoms with van der Waals surface area (Å²) in [5.74, 6) is 0.745. The van der Waals surface area contributed by atoms with E-state index in [1.807, 2.05) is 4.90 Å². The highest BCUT2D eigenvalue weighted by atomic mass is 19.4.